The van der Waals surface area contributed by atoms with Crippen molar-refractivity contribution in [2.24, 2.45) is 0 Å². The summed E-state index contributed by atoms with van der Waals surface area (Å²) in [5.41, 5.74) is 1.66. The molecule has 0 radical (unpaired) electrons. The Hall–Kier alpha value is -0.340. The second-order valence-corrected chi connectivity index (χ2v) is 5.79. The molecule has 0 bridgehead atoms. The van der Waals surface area contributed by atoms with Gasteiger partial charge in [-0.3, -0.25) is 0 Å². The molecule has 1 aliphatic heterocycles. The van der Waals surface area contributed by atoms with Crippen LogP contribution in [0.4, 0.5) is 0 Å². The van der Waals surface area contributed by atoms with Crippen molar-refractivity contribution >= 4 is 0 Å². The molecular formula is C16H29NO. The first-order valence-corrected chi connectivity index (χ1v) is 7.88. The average molecular weight is 251 g/mol. The van der Waals surface area contributed by atoms with Gasteiger partial charge in [-0.05, 0) is 58.4 Å². The highest BCUT2D eigenvalue weighted by Crippen LogP contribution is 2.24. The summed E-state index contributed by atoms with van der Waals surface area (Å²) in [6.07, 6.45) is 16.2. The molecule has 2 atom stereocenters. The Bertz CT molecular complexity index is 256. The summed E-state index contributed by atoms with van der Waals surface area (Å²) < 4.78 is 5.73. The summed E-state index contributed by atoms with van der Waals surface area (Å²) in [4.78, 5) is 0. The monoisotopic (exact) mass is 251 g/mol. The van der Waals surface area contributed by atoms with Crippen molar-refractivity contribution < 1.29 is 4.74 Å². The first-order chi connectivity index (χ1) is 8.90. The molecule has 2 rings (SSSR count). The van der Waals surface area contributed by atoms with E-state index in [-0.39, 0.29) is 0 Å². The molecule has 0 aromatic carbocycles. The Balaban J connectivity index is 1.81. The van der Waals surface area contributed by atoms with E-state index in [1.165, 1.54) is 64.2 Å². The van der Waals surface area contributed by atoms with Crippen LogP contribution in [0.25, 0.3) is 0 Å². The van der Waals surface area contributed by atoms with Gasteiger partial charge in [-0.25, -0.2) is 0 Å². The standard InChI is InChI=1S/C16H29NO/c1-17-16(12-11-15-10-7-13-18-15)14-8-5-3-2-4-6-9-14/h8,15-17H,2-7,9-13H2,1H3. The van der Waals surface area contributed by atoms with Crippen LogP contribution in [0.2, 0.25) is 0 Å². The highest BCUT2D eigenvalue weighted by molar-refractivity contribution is 5.11. The fraction of sp³-hybridized carbons (Fsp3) is 0.875. The third kappa shape index (κ3) is 4.40. The third-order valence-corrected chi connectivity index (χ3v) is 4.42. The van der Waals surface area contributed by atoms with Gasteiger partial charge in [0.1, 0.15) is 0 Å². The Morgan fingerprint density at radius 2 is 2.17 bits per heavy atom. The molecule has 1 heterocycles. The fourth-order valence-electron chi connectivity index (χ4n) is 3.27. The van der Waals surface area contributed by atoms with Crippen LogP contribution < -0.4 is 5.32 Å². The minimum Gasteiger partial charge on any atom is -0.378 e. The predicted octanol–water partition coefficient (Wildman–Crippen LogP) is 3.81. The topological polar surface area (TPSA) is 21.3 Å². The van der Waals surface area contributed by atoms with Gasteiger partial charge in [-0.2, -0.15) is 0 Å². The van der Waals surface area contributed by atoms with Crippen molar-refractivity contribution in [3.8, 4) is 0 Å². The van der Waals surface area contributed by atoms with E-state index < -0.39 is 0 Å². The van der Waals surface area contributed by atoms with Crippen molar-refractivity contribution in [3.63, 3.8) is 0 Å². The van der Waals surface area contributed by atoms with E-state index >= 15 is 0 Å². The van der Waals surface area contributed by atoms with E-state index in [2.05, 4.69) is 18.4 Å². The van der Waals surface area contributed by atoms with Crippen LogP contribution in [-0.4, -0.2) is 25.8 Å². The molecule has 0 aromatic rings. The number of hydrogen-bond acceptors (Lipinski definition) is 2. The Morgan fingerprint density at radius 3 is 2.94 bits per heavy atom. The van der Waals surface area contributed by atoms with Gasteiger partial charge in [0.2, 0.25) is 0 Å². The molecule has 2 nitrogen and oxygen atoms in total. The Labute approximate surface area is 112 Å². The molecule has 2 unspecified atom stereocenters. The third-order valence-electron chi connectivity index (χ3n) is 4.42. The van der Waals surface area contributed by atoms with E-state index in [1.807, 2.05) is 0 Å². The zero-order valence-electron chi connectivity index (χ0n) is 11.9. The number of allylic oxidation sites excluding steroid dienone is 1. The van der Waals surface area contributed by atoms with Crippen LogP contribution in [0.3, 0.4) is 0 Å². The second kappa shape index (κ2) is 7.96. The average Bonchev–Trinajstić information content (AvgIpc) is 2.84. The van der Waals surface area contributed by atoms with Gasteiger partial charge in [0.15, 0.2) is 0 Å². The van der Waals surface area contributed by atoms with Gasteiger partial charge in [0, 0.05) is 12.6 Å². The molecule has 1 fully saturated rings. The minimum absolute atomic E-state index is 0.537. The molecule has 0 aromatic heterocycles. The first-order valence-electron chi connectivity index (χ1n) is 7.88. The molecule has 2 heteroatoms. The van der Waals surface area contributed by atoms with Crippen molar-refractivity contribution in [3.05, 3.63) is 11.6 Å². The lowest BCUT2D eigenvalue weighted by molar-refractivity contribution is 0.101. The van der Waals surface area contributed by atoms with Gasteiger partial charge in [-0.1, -0.05) is 24.5 Å². The van der Waals surface area contributed by atoms with Crippen LogP contribution >= 0.6 is 0 Å². The van der Waals surface area contributed by atoms with E-state index in [9.17, 15) is 0 Å². The molecule has 1 N–H and O–H groups in total. The van der Waals surface area contributed by atoms with E-state index in [4.69, 9.17) is 4.74 Å². The molecular weight excluding hydrogens is 222 g/mol. The number of ether oxygens (including phenoxy) is 1. The summed E-state index contributed by atoms with van der Waals surface area (Å²) in [5.74, 6) is 0. The number of likely N-dealkylation sites (N-methyl/N-ethyl adjacent to an activating group) is 1. The molecule has 0 amide bonds. The van der Waals surface area contributed by atoms with Gasteiger partial charge in [0.25, 0.3) is 0 Å². The molecule has 2 aliphatic rings. The predicted molar refractivity (Wildman–Crippen MR) is 76.8 cm³/mol. The smallest absolute Gasteiger partial charge is 0.0576 e. The molecule has 18 heavy (non-hydrogen) atoms. The highest BCUT2D eigenvalue weighted by Gasteiger charge is 2.19. The van der Waals surface area contributed by atoms with E-state index in [1.54, 1.807) is 5.57 Å². The van der Waals surface area contributed by atoms with Gasteiger partial charge < -0.3 is 10.1 Å². The molecule has 104 valence electrons. The number of hydrogen-bond donors (Lipinski definition) is 1. The zero-order valence-corrected chi connectivity index (χ0v) is 11.9. The number of nitrogens with one attached hydrogen (secondary N) is 1. The summed E-state index contributed by atoms with van der Waals surface area (Å²) in [6.45, 7) is 0.984. The maximum Gasteiger partial charge on any atom is 0.0576 e. The lowest BCUT2D eigenvalue weighted by Gasteiger charge is -2.23. The molecule has 0 saturated carbocycles. The maximum atomic E-state index is 5.73. The lowest BCUT2D eigenvalue weighted by Crippen LogP contribution is -2.29. The van der Waals surface area contributed by atoms with Crippen molar-refractivity contribution in [2.75, 3.05) is 13.7 Å². The summed E-state index contributed by atoms with van der Waals surface area (Å²) in [6, 6.07) is 0.590. The molecule has 1 aliphatic carbocycles. The fourth-order valence-corrected chi connectivity index (χ4v) is 3.27. The van der Waals surface area contributed by atoms with Crippen LogP contribution in [0.15, 0.2) is 11.6 Å². The normalized spacial score (nSPS) is 27.4. The Morgan fingerprint density at radius 1 is 1.28 bits per heavy atom. The van der Waals surface area contributed by atoms with E-state index in [0.717, 1.165) is 6.61 Å². The summed E-state index contributed by atoms with van der Waals surface area (Å²) in [7, 11) is 2.11. The van der Waals surface area contributed by atoms with Crippen LogP contribution in [0.5, 0.6) is 0 Å². The minimum atomic E-state index is 0.537. The van der Waals surface area contributed by atoms with E-state index in [0.29, 0.717) is 12.1 Å². The first kappa shape index (κ1) is 14.1. The summed E-state index contributed by atoms with van der Waals surface area (Å²) in [5, 5.41) is 3.52. The van der Waals surface area contributed by atoms with Gasteiger partial charge in [-0.15, -0.1) is 0 Å². The Kier molecular flexibility index (Phi) is 6.22. The highest BCUT2D eigenvalue weighted by atomic mass is 16.5. The quantitative estimate of drug-likeness (QED) is 0.750. The summed E-state index contributed by atoms with van der Waals surface area (Å²) >= 11 is 0. The van der Waals surface area contributed by atoms with Crippen LogP contribution in [-0.2, 0) is 4.74 Å². The van der Waals surface area contributed by atoms with Crippen molar-refractivity contribution in [1.82, 2.24) is 5.32 Å². The number of rotatable bonds is 5. The van der Waals surface area contributed by atoms with Gasteiger partial charge in [0.05, 0.1) is 6.10 Å². The molecule has 0 spiro atoms. The van der Waals surface area contributed by atoms with Gasteiger partial charge >= 0.3 is 0 Å². The zero-order chi connectivity index (χ0) is 12.6. The van der Waals surface area contributed by atoms with Crippen LogP contribution in [0.1, 0.15) is 64.2 Å². The van der Waals surface area contributed by atoms with Crippen LogP contribution in [0, 0.1) is 0 Å². The van der Waals surface area contributed by atoms with Crippen molar-refractivity contribution in [2.45, 2.75) is 76.4 Å². The molecule has 1 saturated heterocycles. The largest absolute Gasteiger partial charge is 0.378 e. The maximum absolute atomic E-state index is 5.73. The second-order valence-electron chi connectivity index (χ2n) is 5.79. The van der Waals surface area contributed by atoms with Crippen molar-refractivity contribution in [1.29, 1.82) is 0 Å². The lowest BCUT2D eigenvalue weighted by atomic mass is 9.92. The SMILES string of the molecule is CNC(CCC1CCCO1)C1=CCCCCCC1.